The van der Waals surface area contributed by atoms with Crippen molar-refractivity contribution in [2.75, 3.05) is 6.54 Å². The number of nitrogens with zero attached hydrogens (tertiary/aromatic N) is 2. The van der Waals surface area contributed by atoms with E-state index in [1.165, 1.54) is 12.0 Å². The number of benzene rings is 3. The van der Waals surface area contributed by atoms with Gasteiger partial charge in [-0.05, 0) is 72.9 Å². The van der Waals surface area contributed by atoms with Gasteiger partial charge in [0.1, 0.15) is 5.52 Å². The maximum atomic E-state index is 13.1. The highest BCUT2D eigenvalue weighted by atomic mass is 35.5. The summed E-state index contributed by atoms with van der Waals surface area (Å²) in [6.07, 6.45) is 5.66. The first-order valence-corrected chi connectivity index (χ1v) is 13.3. The normalized spacial score (nSPS) is 15.0. The average molecular weight is 512 g/mol. The number of fused-ring (bicyclic) bond motifs is 1. The van der Waals surface area contributed by atoms with Crippen molar-refractivity contribution >= 4 is 28.6 Å². The zero-order chi connectivity index (χ0) is 26.0. The predicted molar refractivity (Wildman–Crippen MR) is 147 cm³/mol. The van der Waals surface area contributed by atoms with Crippen LogP contribution in [0.3, 0.4) is 0 Å². The number of nitriles is 1. The Kier molecular flexibility index (Phi) is 7.04. The van der Waals surface area contributed by atoms with Gasteiger partial charge in [0.05, 0.1) is 11.6 Å². The fourth-order valence-corrected chi connectivity index (χ4v) is 5.52. The van der Waals surface area contributed by atoms with Gasteiger partial charge in [0, 0.05) is 33.7 Å². The second kappa shape index (κ2) is 10.4. The van der Waals surface area contributed by atoms with Crippen LogP contribution in [0.15, 0.2) is 65.1 Å². The van der Waals surface area contributed by atoms with E-state index in [1.54, 1.807) is 18.2 Å². The van der Waals surface area contributed by atoms with E-state index < -0.39 is 0 Å². The van der Waals surface area contributed by atoms with Crippen molar-refractivity contribution in [3.63, 3.8) is 0 Å². The first kappa shape index (κ1) is 25.0. The lowest BCUT2D eigenvalue weighted by Gasteiger charge is -2.38. The van der Waals surface area contributed by atoms with Crippen molar-refractivity contribution in [1.82, 2.24) is 10.3 Å². The van der Waals surface area contributed by atoms with Crippen LogP contribution in [0, 0.1) is 11.3 Å². The van der Waals surface area contributed by atoms with Gasteiger partial charge in [0.2, 0.25) is 5.89 Å². The zero-order valence-electron chi connectivity index (χ0n) is 21.2. The smallest absolute Gasteiger partial charge is 0.251 e. The number of halogens is 1. The second-order valence-electron chi connectivity index (χ2n) is 10.3. The molecule has 0 unspecified atom stereocenters. The Bertz CT molecular complexity index is 1460. The number of hydrogen-bond donors (Lipinski definition) is 1. The van der Waals surface area contributed by atoms with E-state index in [9.17, 15) is 10.1 Å². The molecule has 0 saturated heterocycles. The lowest BCUT2D eigenvalue weighted by molar-refractivity contribution is 0.0936. The van der Waals surface area contributed by atoms with Gasteiger partial charge in [-0.15, -0.1) is 0 Å². The third kappa shape index (κ3) is 5.12. The maximum absolute atomic E-state index is 13.1. The van der Waals surface area contributed by atoms with Crippen molar-refractivity contribution in [3.05, 3.63) is 87.9 Å². The standard InChI is InChI=1S/C31H30ClN3O2/c1-20(2)26-16-21(18-33)17-27-28(26)37-30(35-27)23-8-6-22(7-9-23)29(36)34-19-31(14-4-3-5-15-31)24-10-12-25(32)13-11-24/h6-13,16-17,20H,3-5,14-15,19H2,1-2H3,(H,34,36). The molecule has 188 valence electrons. The highest BCUT2D eigenvalue weighted by molar-refractivity contribution is 6.30. The molecule has 0 aliphatic heterocycles. The third-order valence-electron chi connectivity index (χ3n) is 7.52. The zero-order valence-corrected chi connectivity index (χ0v) is 21.9. The van der Waals surface area contributed by atoms with Gasteiger partial charge in [-0.25, -0.2) is 4.98 Å². The Morgan fingerprint density at radius 1 is 1.08 bits per heavy atom. The summed E-state index contributed by atoms with van der Waals surface area (Å²) in [5, 5.41) is 13.3. The molecule has 4 aromatic rings. The minimum Gasteiger partial charge on any atom is -0.436 e. The summed E-state index contributed by atoms with van der Waals surface area (Å²) in [5.74, 6) is 0.578. The number of aromatic nitrogens is 1. The third-order valence-corrected chi connectivity index (χ3v) is 7.77. The summed E-state index contributed by atoms with van der Waals surface area (Å²) in [6.45, 7) is 4.73. The molecule has 5 nitrogen and oxygen atoms in total. The van der Waals surface area contributed by atoms with E-state index in [0.717, 1.165) is 41.8 Å². The van der Waals surface area contributed by atoms with Crippen molar-refractivity contribution in [2.24, 2.45) is 0 Å². The fraction of sp³-hybridized carbons (Fsp3) is 0.323. The van der Waals surface area contributed by atoms with Crippen LogP contribution in [0.2, 0.25) is 5.02 Å². The van der Waals surface area contributed by atoms with Gasteiger partial charge in [0.25, 0.3) is 5.91 Å². The summed E-state index contributed by atoms with van der Waals surface area (Å²) < 4.78 is 6.11. The van der Waals surface area contributed by atoms with Crippen LogP contribution in [0.25, 0.3) is 22.6 Å². The molecule has 6 heteroatoms. The molecule has 1 aliphatic rings. The van der Waals surface area contributed by atoms with Gasteiger partial charge in [-0.1, -0.05) is 56.8 Å². The Morgan fingerprint density at radius 2 is 1.78 bits per heavy atom. The van der Waals surface area contributed by atoms with E-state index in [2.05, 4.69) is 42.4 Å². The van der Waals surface area contributed by atoms with Crippen molar-refractivity contribution in [2.45, 2.75) is 57.3 Å². The lowest BCUT2D eigenvalue weighted by atomic mass is 9.69. The first-order valence-electron chi connectivity index (χ1n) is 12.9. The summed E-state index contributed by atoms with van der Waals surface area (Å²) in [4.78, 5) is 17.7. The van der Waals surface area contributed by atoms with Crippen molar-refractivity contribution < 1.29 is 9.21 Å². The molecule has 0 spiro atoms. The fourth-order valence-electron chi connectivity index (χ4n) is 5.39. The molecule has 1 heterocycles. The summed E-state index contributed by atoms with van der Waals surface area (Å²) in [6, 6.07) is 21.2. The van der Waals surface area contributed by atoms with E-state index in [-0.39, 0.29) is 17.2 Å². The van der Waals surface area contributed by atoms with E-state index in [4.69, 9.17) is 16.0 Å². The van der Waals surface area contributed by atoms with Crippen molar-refractivity contribution in [1.29, 1.82) is 5.26 Å². The number of rotatable bonds is 6. The number of carbonyl (C=O) groups is 1. The second-order valence-corrected chi connectivity index (χ2v) is 10.7. The molecule has 1 fully saturated rings. The molecular weight excluding hydrogens is 482 g/mol. The van der Waals surface area contributed by atoms with E-state index >= 15 is 0 Å². The lowest BCUT2D eigenvalue weighted by Crippen LogP contribution is -2.42. The van der Waals surface area contributed by atoms with Gasteiger partial charge in [-0.2, -0.15) is 5.26 Å². The summed E-state index contributed by atoms with van der Waals surface area (Å²) in [7, 11) is 0. The Hall–Kier alpha value is -3.62. The topological polar surface area (TPSA) is 78.9 Å². The summed E-state index contributed by atoms with van der Waals surface area (Å²) in [5.41, 5.74) is 5.45. The Labute approximate surface area is 222 Å². The minimum absolute atomic E-state index is 0.0625. The number of oxazole rings is 1. The van der Waals surface area contributed by atoms with Crippen LogP contribution in [0.5, 0.6) is 0 Å². The minimum atomic E-state index is -0.0937. The molecule has 0 bridgehead atoms. The molecule has 0 radical (unpaired) electrons. The molecular formula is C31H30ClN3O2. The van der Waals surface area contributed by atoms with Crippen LogP contribution in [-0.4, -0.2) is 17.4 Å². The molecule has 1 aliphatic carbocycles. The SMILES string of the molecule is CC(C)c1cc(C#N)cc2nc(-c3ccc(C(=O)NCC4(c5ccc(Cl)cc5)CCCCC4)cc3)oc12. The molecule has 1 N–H and O–H groups in total. The van der Waals surface area contributed by atoms with Gasteiger partial charge in [0.15, 0.2) is 5.58 Å². The molecule has 0 atom stereocenters. The van der Waals surface area contributed by atoms with Gasteiger partial charge in [-0.3, -0.25) is 4.79 Å². The molecule has 1 amide bonds. The van der Waals surface area contributed by atoms with Crippen LogP contribution in [0.4, 0.5) is 0 Å². The van der Waals surface area contributed by atoms with Gasteiger partial charge < -0.3 is 9.73 Å². The summed E-state index contributed by atoms with van der Waals surface area (Å²) >= 11 is 6.12. The maximum Gasteiger partial charge on any atom is 0.251 e. The number of amides is 1. The largest absolute Gasteiger partial charge is 0.436 e. The molecule has 37 heavy (non-hydrogen) atoms. The Balaban J connectivity index is 1.34. The van der Waals surface area contributed by atoms with E-state index in [1.807, 2.05) is 30.3 Å². The quantitative estimate of drug-likeness (QED) is 0.286. The highest BCUT2D eigenvalue weighted by Crippen LogP contribution is 2.39. The number of nitrogens with one attached hydrogen (secondary N) is 1. The van der Waals surface area contributed by atoms with Crippen LogP contribution in [-0.2, 0) is 5.41 Å². The van der Waals surface area contributed by atoms with Crippen LogP contribution in [0.1, 0.15) is 78.9 Å². The number of hydrogen-bond acceptors (Lipinski definition) is 4. The van der Waals surface area contributed by atoms with Crippen LogP contribution < -0.4 is 5.32 Å². The molecule has 5 rings (SSSR count). The van der Waals surface area contributed by atoms with Gasteiger partial charge >= 0.3 is 0 Å². The van der Waals surface area contributed by atoms with Crippen molar-refractivity contribution in [3.8, 4) is 17.5 Å². The monoisotopic (exact) mass is 511 g/mol. The molecule has 1 aromatic heterocycles. The van der Waals surface area contributed by atoms with E-state index in [0.29, 0.717) is 34.7 Å². The average Bonchev–Trinajstić information content (AvgIpc) is 3.36. The first-order chi connectivity index (χ1) is 17.9. The Morgan fingerprint density at radius 3 is 2.43 bits per heavy atom. The molecule has 3 aromatic carbocycles. The highest BCUT2D eigenvalue weighted by Gasteiger charge is 2.34. The number of carbonyl (C=O) groups excluding carboxylic acids is 1. The van der Waals surface area contributed by atoms with Crippen LogP contribution >= 0.6 is 11.6 Å². The molecule has 1 saturated carbocycles. The predicted octanol–water partition coefficient (Wildman–Crippen LogP) is 7.78.